The standard InChI is InChI=1S/C10H19NO8/c1-3(5(11)9(16)17)18-10-8(15)7(14)6(13)4(2-12)19-10/h3-8,10,12-15H,2,11H2,1H3,(H,16,17)/t3?,4?,5-,6+,7?,8-,10+/m0/s1. The van der Waals surface area contributed by atoms with Crippen LogP contribution in [-0.2, 0) is 14.3 Å². The maximum atomic E-state index is 10.7. The van der Waals surface area contributed by atoms with Crippen molar-refractivity contribution in [2.45, 2.75) is 49.8 Å². The van der Waals surface area contributed by atoms with Crippen LogP contribution in [0.5, 0.6) is 0 Å². The molecule has 1 rings (SSSR count). The van der Waals surface area contributed by atoms with E-state index in [0.29, 0.717) is 0 Å². The first-order chi connectivity index (χ1) is 8.79. The summed E-state index contributed by atoms with van der Waals surface area (Å²) in [6, 6.07) is -1.34. The van der Waals surface area contributed by atoms with Crippen LogP contribution in [0.2, 0.25) is 0 Å². The Morgan fingerprint density at radius 1 is 1.32 bits per heavy atom. The van der Waals surface area contributed by atoms with E-state index >= 15 is 0 Å². The number of aliphatic hydroxyl groups is 4. The maximum absolute atomic E-state index is 10.7. The molecule has 0 saturated carbocycles. The van der Waals surface area contributed by atoms with Crippen LogP contribution >= 0.6 is 0 Å². The number of hydrogen-bond acceptors (Lipinski definition) is 8. The summed E-state index contributed by atoms with van der Waals surface area (Å²) in [7, 11) is 0. The van der Waals surface area contributed by atoms with E-state index in [0.717, 1.165) is 0 Å². The van der Waals surface area contributed by atoms with E-state index in [1.807, 2.05) is 0 Å². The van der Waals surface area contributed by atoms with Crippen LogP contribution in [0.25, 0.3) is 0 Å². The molecule has 1 saturated heterocycles. The molecule has 0 bridgehead atoms. The van der Waals surface area contributed by atoms with Crippen LogP contribution in [-0.4, -0.2) is 81.0 Å². The average Bonchev–Trinajstić information content (AvgIpc) is 2.38. The Morgan fingerprint density at radius 3 is 2.37 bits per heavy atom. The molecule has 9 nitrogen and oxygen atoms in total. The molecule has 3 unspecified atom stereocenters. The minimum atomic E-state index is -1.58. The Bertz CT molecular complexity index is 312. The van der Waals surface area contributed by atoms with Crippen LogP contribution in [0.3, 0.4) is 0 Å². The predicted molar refractivity (Wildman–Crippen MR) is 59.9 cm³/mol. The number of aliphatic carboxylic acids is 1. The zero-order valence-electron chi connectivity index (χ0n) is 10.3. The summed E-state index contributed by atoms with van der Waals surface area (Å²) in [4.78, 5) is 10.7. The van der Waals surface area contributed by atoms with Crippen molar-refractivity contribution in [3.63, 3.8) is 0 Å². The van der Waals surface area contributed by atoms with Crippen molar-refractivity contribution in [1.29, 1.82) is 0 Å². The lowest BCUT2D eigenvalue weighted by atomic mass is 9.99. The van der Waals surface area contributed by atoms with E-state index in [4.69, 9.17) is 25.4 Å². The molecule has 0 aliphatic carbocycles. The van der Waals surface area contributed by atoms with Gasteiger partial charge in [-0.3, -0.25) is 4.79 Å². The van der Waals surface area contributed by atoms with E-state index < -0.39 is 55.4 Å². The molecule has 7 atom stereocenters. The van der Waals surface area contributed by atoms with Crippen LogP contribution in [0.15, 0.2) is 0 Å². The normalized spacial score (nSPS) is 38.7. The highest BCUT2D eigenvalue weighted by Crippen LogP contribution is 2.23. The molecule has 0 amide bonds. The van der Waals surface area contributed by atoms with Gasteiger partial charge in [-0.25, -0.2) is 0 Å². The van der Waals surface area contributed by atoms with Gasteiger partial charge in [0.25, 0.3) is 0 Å². The Morgan fingerprint density at radius 2 is 1.89 bits per heavy atom. The molecule has 0 spiro atoms. The van der Waals surface area contributed by atoms with E-state index in [1.54, 1.807) is 0 Å². The lowest BCUT2D eigenvalue weighted by Gasteiger charge is -2.40. The molecule has 0 aromatic rings. The van der Waals surface area contributed by atoms with Crippen molar-refractivity contribution in [1.82, 2.24) is 0 Å². The lowest BCUT2D eigenvalue weighted by Crippen LogP contribution is -2.60. The monoisotopic (exact) mass is 281 g/mol. The molecule has 1 heterocycles. The zero-order valence-corrected chi connectivity index (χ0v) is 10.3. The summed E-state index contributed by atoms with van der Waals surface area (Å²) in [5.41, 5.74) is 5.33. The van der Waals surface area contributed by atoms with E-state index in [1.165, 1.54) is 6.92 Å². The highest BCUT2D eigenvalue weighted by atomic mass is 16.7. The van der Waals surface area contributed by atoms with Gasteiger partial charge in [0, 0.05) is 0 Å². The Hall–Kier alpha value is -0.810. The number of carboxylic acid groups (broad SMARTS) is 1. The van der Waals surface area contributed by atoms with Gasteiger partial charge in [-0.2, -0.15) is 0 Å². The largest absolute Gasteiger partial charge is 0.480 e. The summed E-state index contributed by atoms with van der Waals surface area (Å²) < 4.78 is 10.2. The van der Waals surface area contributed by atoms with Crippen molar-refractivity contribution in [2.24, 2.45) is 5.73 Å². The fourth-order valence-electron chi connectivity index (χ4n) is 1.68. The van der Waals surface area contributed by atoms with Crippen molar-refractivity contribution in [3.8, 4) is 0 Å². The van der Waals surface area contributed by atoms with Crippen molar-refractivity contribution >= 4 is 5.97 Å². The highest BCUT2D eigenvalue weighted by molar-refractivity contribution is 5.73. The van der Waals surface area contributed by atoms with E-state index in [-0.39, 0.29) is 0 Å². The fourth-order valence-corrected chi connectivity index (χ4v) is 1.68. The second-order valence-electron chi connectivity index (χ2n) is 4.40. The Kier molecular flexibility index (Phi) is 5.62. The van der Waals surface area contributed by atoms with E-state index in [9.17, 15) is 20.1 Å². The van der Waals surface area contributed by atoms with Crippen LogP contribution in [0.4, 0.5) is 0 Å². The third-order valence-electron chi connectivity index (χ3n) is 2.99. The number of carboxylic acids is 1. The van der Waals surface area contributed by atoms with Gasteiger partial charge >= 0.3 is 5.97 Å². The smallest absolute Gasteiger partial charge is 0.323 e. The molecule has 9 heteroatoms. The summed E-state index contributed by atoms with van der Waals surface area (Å²) >= 11 is 0. The molecule has 112 valence electrons. The number of nitrogens with two attached hydrogens (primary N) is 1. The van der Waals surface area contributed by atoms with Gasteiger partial charge in [0.2, 0.25) is 0 Å². The minimum absolute atomic E-state index is 0.593. The molecule has 1 fully saturated rings. The first-order valence-electron chi connectivity index (χ1n) is 5.74. The first-order valence-corrected chi connectivity index (χ1v) is 5.74. The quantitative estimate of drug-likeness (QED) is 0.301. The maximum Gasteiger partial charge on any atom is 0.323 e. The van der Waals surface area contributed by atoms with Gasteiger partial charge in [0.1, 0.15) is 30.5 Å². The van der Waals surface area contributed by atoms with Gasteiger partial charge in [0.05, 0.1) is 12.7 Å². The zero-order chi connectivity index (χ0) is 14.7. The molecule has 19 heavy (non-hydrogen) atoms. The Balaban J connectivity index is 2.69. The molecule has 0 radical (unpaired) electrons. The second kappa shape index (κ2) is 6.57. The van der Waals surface area contributed by atoms with Crippen molar-refractivity contribution in [2.75, 3.05) is 6.61 Å². The number of ether oxygens (including phenoxy) is 2. The second-order valence-corrected chi connectivity index (χ2v) is 4.40. The third-order valence-corrected chi connectivity index (χ3v) is 2.99. The lowest BCUT2D eigenvalue weighted by molar-refractivity contribution is -0.310. The fraction of sp³-hybridized carbons (Fsp3) is 0.900. The van der Waals surface area contributed by atoms with Crippen molar-refractivity contribution in [3.05, 3.63) is 0 Å². The first kappa shape index (κ1) is 16.2. The Labute approximate surface area is 109 Å². The average molecular weight is 281 g/mol. The van der Waals surface area contributed by atoms with Crippen LogP contribution in [0.1, 0.15) is 6.92 Å². The van der Waals surface area contributed by atoms with Gasteiger partial charge in [-0.1, -0.05) is 0 Å². The SMILES string of the molecule is CC(O[C@@H]1OC(CO)[C@@H](O)C(O)[C@@H]1O)[C@H](N)C(=O)O. The number of rotatable bonds is 5. The van der Waals surface area contributed by atoms with Crippen LogP contribution in [0, 0.1) is 0 Å². The summed E-state index contributed by atoms with van der Waals surface area (Å²) in [5, 5.41) is 46.4. The molecule has 0 aromatic carbocycles. The number of hydrogen-bond donors (Lipinski definition) is 6. The minimum Gasteiger partial charge on any atom is -0.480 e. The summed E-state index contributed by atoms with van der Waals surface area (Å²) in [5.74, 6) is -1.29. The molecular weight excluding hydrogens is 262 g/mol. The molecule has 7 N–H and O–H groups in total. The topological polar surface area (TPSA) is 163 Å². The molecule has 0 aromatic heterocycles. The summed E-state index contributed by atoms with van der Waals surface area (Å²) in [6.45, 7) is 0.768. The van der Waals surface area contributed by atoms with Crippen molar-refractivity contribution < 1.29 is 39.8 Å². The number of carbonyl (C=O) groups is 1. The van der Waals surface area contributed by atoms with E-state index in [2.05, 4.69) is 0 Å². The third kappa shape index (κ3) is 3.60. The van der Waals surface area contributed by atoms with Gasteiger partial charge in [-0.05, 0) is 6.92 Å². The highest BCUT2D eigenvalue weighted by Gasteiger charge is 2.45. The molecule has 1 aliphatic rings. The molecular formula is C10H19NO8. The van der Waals surface area contributed by atoms with Gasteiger partial charge in [-0.15, -0.1) is 0 Å². The summed E-state index contributed by atoms with van der Waals surface area (Å²) in [6.07, 6.45) is -8.17. The predicted octanol–water partition coefficient (Wildman–Crippen LogP) is -3.40. The number of aliphatic hydroxyl groups excluding tert-OH is 4. The molecule has 1 aliphatic heterocycles. The van der Waals surface area contributed by atoms with Gasteiger partial charge in [0.15, 0.2) is 6.29 Å². The van der Waals surface area contributed by atoms with Gasteiger partial charge < -0.3 is 40.7 Å². The van der Waals surface area contributed by atoms with Crippen LogP contribution < -0.4 is 5.73 Å².